The van der Waals surface area contributed by atoms with E-state index < -0.39 is 0 Å². The molecule has 0 aromatic heterocycles. The second-order valence-corrected chi connectivity index (χ2v) is 5.71. The lowest BCUT2D eigenvalue weighted by atomic mass is 10.2. The molecule has 2 aromatic carbocycles. The molecule has 2 aromatic rings. The maximum Gasteiger partial charge on any atom is 0.139 e. The van der Waals surface area contributed by atoms with Crippen LogP contribution < -0.4 is 4.74 Å². The average molecular weight is 384 g/mol. The van der Waals surface area contributed by atoms with Gasteiger partial charge in [-0.25, -0.2) is 4.39 Å². The Morgan fingerprint density at radius 2 is 1.74 bits per heavy atom. The first-order chi connectivity index (χ1) is 8.99. The van der Waals surface area contributed by atoms with Gasteiger partial charge < -0.3 is 4.74 Å². The Balaban J connectivity index is 2.19. The first-order valence-electron chi connectivity index (χ1n) is 5.19. The summed E-state index contributed by atoms with van der Waals surface area (Å²) in [7, 11) is 0. The van der Waals surface area contributed by atoms with E-state index in [2.05, 4.69) is 15.9 Å². The van der Waals surface area contributed by atoms with E-state index in [0.717, 1.165) is 0 Å². The molecule has 0 aliphatic carbocycles. The molecular formula is C13H7BrCl3FO. The zero-order valence-corrected chi connectivity index (χ0v) is 13.2. The molecule has 0 fully saturated rings. The number of hydrogen-bond acceptors (Lipinski definition) is 1. The molecule has 19 heavy (non-hydrogen) atoms. The van der Waals surface area contributed by atoms with Crippen molar-refractivity contribution in [1.82, 2.24) is 0 Å². The van der Waals surface area contributed by atoms with Crippen LogP contribution in [0.15, 0.2) is 34.8 Å². The maximum absolute atomic E-state index is 13.3. The zero-order chi connectivity index (χ0) is 14.0. The minimum Gasteiger partial charge on any atom is -0.487 e. The highest BCUT2D eigenvalue weighted by Crippen LogP contribution is 2.34. The summed E-state index contributed by atoms with van der Waals surface area (Å²) in [5, 5.41) is 1.05. The van der Waals surface area contributed by atoms with Gasteiger partial charge in [-0.1, -0.05) is 46.9 Å². The van der Waals surface area contributed by atoms with Gasteiger partial charge in [-0.3, -0.25) is 0 Å². The number of halogens is 5. The monoisotopic (exact) mass is 382 g/mol. The van der Waals surface area contributed by atoms with Crippen molar-refractivity contribution < 1.29 is 9.13 Å². The van der Waals surface area contributed by atoms with Gasteiger partial charge >= 0.3 is 0 Å². The highest BCUT2D eigenvalue weighted by atomic mass is 79.9. The van der Waals surface area contributed by atoms with E-state index in [4.69, 9.17) is 39.5 Å². The molecule has 0 aliphatic heterocycles. The molecule has 0 saturated carbocycles. The maximum atomic E-state index is 13.3. The average Bonchev–Trinajstić information content (AvgIpc) is 2.37. The SMILES string of the molecule is Fc1cccc(COc2cc(Cl)c(Cl)cc2Cl)c1Br. The van der Waals surface area contributed by atoms with Crippen molar-refractivity contribution in [3.8, 4) is 5.75 Å². The van der Waals surface area contributed by atoms with E-state index in [9.17, 15) is 4.39 Å². The molecule has 0 unspecified atom stereocenters. The minimum absolute atomic E-state index is 0.163. The lowest BCUT2D eigenvalue weighted by Crippen LogP contribution is -1.98. The van der Waals surface area contributed by atoms with Crippen molar-refractivity contribution in [3.05, 3.63) is 61.3 Å². The molecule has 0 atom stereocenters. The fourth-order valence-electron chi connectivity index (χ4n) is 1.43. The minimum atomic E-state index is -0.346. The van der Waals surface area contributed by atoms with Crippen LogP contribution in [-0.4, -0.2) is 0 Å². The molecule has 0 spiro atoms. The summed E-state index contributed by atoms with van der Waals surface area (Å²) < 4.78 is 19.2. The third kappa shape index (κ3) is 3.54. The summed E-state index contributed by atoms with van der Waals surface area (Å²) in [4.78, 5) is 0. The summed E-state index contributed by atoms with van der Waals surface area (Å²) in [6.07, 6.45) is 0. The predicted molar refractivity (Wildman–Crippen MR) is 79.9 cm³/mol. The molecule has 2 rings (SSSR count). The second-order valence-electron chi connectivity index (χ2n) is 3.70. The van der Waals surface area contributed by atoms with Crippen LogP contribution in [0.25, 0.3) is 0 Å². The molecule has 0 saturated heterocycles. The van der Waals surface area contributed by atoms with Crippen LogP contribution >= 0.6 is 50.7 Å². The molecule has 0 amide bonds. The molecule has 0 bridgehead atoms. The highest BCUT2D eigenvalue weighted by Gasteiger charge is 2.10. The topological polar surface area (TPSA) is 9.23 Å². The Morgan fingerprint density at radius 1 is 1.05 bits per heavy atom. The number of rotatable bonds is 3. The molecule has 100 valence electrons. The molecule has 0 heterocycles. The van der Waals surface area contributed by atoms with Crippen molar-refractivity contribution in [3.63, 3.8) is 0 Å². The molecule has 1 nitrogen and oxygen atoms in total. The number of ether oxygens (including phenoxy) is 1. The smallest absolute Gasteiger partial charge is 0.139 e. The second kappa shape index (κ2) is 6.31. The van der Waals surface area contributed by atoms with Crippen LogP contribution in [0.4, 0.5) is 4.39 Å². The van der Waals surface area contributed by atoms with Crippen LogP contribution in [0, 0.1) is 5.82 Å². The van der Waals surface area contributed by atoms with E-state index >= 15 is 0 Å². The van der Waals surface area contributed by atoms with E-state index in [0.29, 0.717) is 30.9 Å². The summed E-state index contributed by atoms with van der Waals surface area (Å²) in [6, 6.07) is 7.74. The van der Waals surface area contributed by atoms with Gasteiger partial charge in [0.05, 0.1) is 19.5 Å². The predicted octanol–water partition coefficient (Wildman–Crippen LogP) is 6.13. The summed E-state index contributed by atoms with van der Waals surface area (Å²) in [6.45, 7) is 0.163. The Hall–Kier alpha value is -0.480. The summed E-state index contributed by atoms with van der Waals surface area (Å²) in [5.74, 6) is 0.0496. The van der Waals surface area contributed by atoms with Gasteiger partial charge in [0, 0.05) is 11.6 Å². The van der Waals surface area contributed by atoms with E-state index in [-0.39, 0.29) is 12.4 Å². The normalized spacial score (nSPS) is 10.6. The standard InChI is InChI=1S/C13H7BrCl3FO/c14-13-7(2-1-3-11(13)18)6-19-12-5-9(16)8(15)4-10(12)17/h1-5H,6H2. The third-order valence-corrected chi connectivity index (χ3v) is 4.30. The Morgan fingerprint density at radius 3 is 2.47 bits per heavy atom. The third-order valence-electron chi connectivity index (χ3n) is 2.39. The van der Waals surface area contributed by atoms with Crippen molar-refractivity contribution >= 4 is 50.7 Å². The molecule has 0 aliphatic rings. The summed E-state index contributed by atoms with van der Waals surface area (Å²) in [5.41, 5.74) is 0.669. The lowest BCUT2D eigenvalue weighted by molar-refractivity contribution is 0.305. The van der Waals surface area contributed by atoms with Gasteiger partial charge in [-0.05, 0) is 28.1 Å². The van der Waals surface area contributed by atoms with Crippen molar-refractivity contribution in [2.45, 2.75) is 6.61 Å². The van der Waals surface area contributed by atoms with Gasteiger partial charge in [0.25, 0.3) is 0 Å². The Bertz CT molecular complexity index is 619. The lowest BCUT2D eigenvalue weighted by Gasteiger charge is -2.10. The van der Waals surface area contributed by atoms with Crippen LogP contribution in [0.1, 0.15) is 5.56 Å². The van der Waals surface area contributed by atoms with E-state index in [1.54, 1.807) is 12.1 Å². The molecule has 6 heteroatoms. The van der Waals surface area contributed by atoms with Gasteiger partial charge in [0.2, 0.25) is 0 Å². The largest absolute Gasteiger partial charge is 0.487 e. The van der Waals surface area contributed by atoms with Crippen LogP contribution in [0.3, 0.4) is 0 Å². The fourth-order valence-corrected chi connectivity index (χ4v) is 2.40. The summed E-state index contributed by atoms with van der Waals surface area (Å²) >= 11 is 20.9. The quantitative estimate of drug-likeness (QED) is 0.579. The highest BCUT2D eigenvalue weighted by molar-refractivity contribution is 9.10. The van der Waals surface area contributed by atoms with Crippen LogP contribution in [-0.2, 0) is 6.61 Å². The van der Waals surface area contributed by atoms with Crippen molar-refractivity contribution in [2.24, 2.45) is 0 Å². The Labute approximate surface area is 133 Å². The fraction of sp³-hybridized carbons (Fsp3) is 0.0769. The van der Waals surface area contributed by atoms with Crippen LogP contribution in [0.5, 0.6) is 5.75 Å². The van der Waals surface area contributed by atoms with E-state index in [1.165, 1.54) is 18.2 Å². The first-order valence-corrected chi connectivity index (χ1v) is 7.12. The van der Waals surface area contributed by atoms with Gasteiger partial charge in [-0.2, -0.15) is 0 Å². The molecule has 0 radical (unpaired) electrons. The van der Waals surface area contributed by atoms with Crippen molar-refractivity contribution in [1.29, 1.82) is 0 Å². The first kappa shape index (κ1) is 14.9. The molecule has 0 N–H and O–H groups in total. The van der Waals surface area contributed by atoms with Gasteiger partial charge in [0.15, 0.2) is 0 Å². The van der Waals surface area contributed by atoms with Crippen molar-refractivity contribution in [2.75, 3.05) is 0 Å². The zero-order valence-electron chi connectivity index (χ0n) is 9.39. The Kier molecular flexibility index (Phi) is 4.96. The van der Waals surface area contributed by atoms with Gasteiger partial charge in [-0.15, -0.1) is 0 Å². The van der Waals surface area contributed by atoms with Gasteiger partial charge in [0.1, 0.15) is 18.2 Å². The van der Waals surface area contributed by atoms with Crippen LogP contribution in [0.2, 0.25) is 15.1 Å². The number of benzene rings is 2. The molecular weight excluding hydrogens is 377 g/mol. The number of hydrogen-bond donors (Lipinski definition) is 0. The van der Waals surface area contributed by atoms with E-state index in [1.807, 2.05) is 0 Å².